The van der Waals surface area contributed by atoms with Crippen molar-refractivity contribution in [2.45, 2.75) is 62.0 Å². The molecule has 1 aliphatic carbocycles. The van der Waals surface area contributed by atoms with Gasteiger partial charge in [0.05, 0.1) is 5.56 Å². The van der Waals surface area contributed by atoms with E-state index in [2.05, 4.69) is 5.32 Å². The van der Waals surface area contributed by atoms with Crippen LogP contribution in [0, 0.1) is 29.1 Å². The number of hydrogen-bond donors (Lipinski definition) is 1. The van der Waals surface area contributed by atoms with Crippen LogP contribution in [0.1, 0.15) is 65.1 Å². The van der Waals surface area contributed by atoms with Crippen molar-refractivity contribution in [1.29, 1.82) is 0 Å². The molecule has 0 aliphatic heterocycles. The number of benzene rings is 4. The van der Waals surface area contributed by atoms with E-state index in [-0.39, 0.29) is 28.6 Å². The highest BCUT2D eigenvalue weighted by atomic mass is 32.2. The highest BCUT2D eigenvalue weighted by molar-refractivity contribution is 7.89. The molecule has 1 fully saturated rings. The Kier molecular flexibility index (Phi) is 11.1. The molecule has 13 heteroatoms. The molecule has 1 N–H and O–H groups in total. The summed E-state index contributed by atoms with van der Waals surface area (Å²) < 4.78 is 104. The highest BCUT2D eigenvalue weighted by Gasteiger charge is 2.40. The lowest BCUT2D eigenvalue weighted by Gasteiger charge is -2.27. The van der Waals surface area contributed by atoms with Gasteiger partial charge in [0.25, 0.3) is 0 Å². The van der Waals surface area contributed by atoms with Crippen LogP contribution in [-0.2, 0) is 32.6 Å². The molecule has 49 heavy (non-hydrogen) atoms. The number of ether oxygens (including phenoxy) is 1. The van der Waals surface area contributed by atoms with Crippen molar-refractivity contribution in [3.05, 3.63) is 130 Å². The maximum atomic E-state index is 14.7. The monoisotopic (exact) mass is 700 g/mol. The number of carbonyl (C=O) groups excluding carboxylic acids is 2. The minimum Gasteiger partial charge on any atom is -0.457 e. The molecule has 0 aromatic heterocycles. The van der Waals surface area contributed by atoms with Crippen molar-refractivity contribution >= 4 is 27.6 Å². The van der Waals surface area contributed by atoms with Crippen molar-refractivity contribution in [1.82, 2.24) is 4.31 Å². The fraction of sp³-hybridized carbons (Fsp3) is 0.278. The van der Waals surface area contributed by atoms with Crippen molar-refractivity contribution in [3.63, 3.8) is 0 Å². The lowest BCUT2D eigenvalue weighted by atomic mass is 9.84. The van der Waals surface area contributed by atoms with E-state index in [0.29, 0.717) is 11.5 Å². The molecule has 1 amide bonds. The second-order valence-electron chi connectivity index (χ2n) is 11.8. The fourth-order valence-corrected chi connectivity index (χ4v) is 7.24. The second kappa shape index (κ2) is 15.3. The first-order chi connectivity index (χ1) is 23.4. The van der Waals surface area contributed by atoms with Gasteiger partial charge in [-0.15, -0.1) is 0 Å². The van der Waals surface area contributed by atoms with E-state index in [0.717, 1.165) is 50.3 Å². The number of esters is 1. The van der Waals surface area contributed by atoms with Crippen molar-refractivity contribution in [2.24, 2.45) is 0 Å². The van der Waals surface area contributed by atoms with E-state index in [1.54, 1.807) is 36.4 Å². The van der Waals surface area contributed by atoms with Crippen LogP contribution in [0.3, 0.4) is 0 Å². The van der Waals surface area contributed by atoms with Gasteiger partial charge in [-0.05, 0) is 66.1 Å². The molecule has 258 valence electrons. The number of sulfonamides is 1. The summed E-state index contributed by atoms with van der Waals surface area (Å²) in [7, 11) is -4.66. The number of anilines is 1. The minimum atomic E-state index is -5.48. The summed E-state index contributed by atoms with van der Waals surface area (Å²) in [6.45, 7) is 0.0331. The van der Waals surface area contributed by atoms with Crippen LogP contribution in [0.2, 0.25) is 0 Å². The zero-order valence-electron chi connectivity index (χ0n) is 26.4. The molecule has 1 atom stereocenters. The standard InChI is InChI=1S/C36H33F5N2O5S/c1-43(49(46,47)34-32(40)30(38)29(37)31(39)33(34)41)28(20-22-12-14-25(15-13-22)24-10-6-3-7-11-24)35(44)42-27-18-16-26(17-19-27)36(45)48-21-23-8-4-2-5-9-23/h2,4-5,8-9,12-19,24,28H,3,6-7,10-11,20-21H2,1H3,(H,42,44). The summed E-state index contributed by atoms with van der Waals surface area (Å²) in [6, 6.07) is 19.9. The second-order valence-corrected chi connectivity index (χ2v) is 13.8. The maximum absolute atomic E-state index is 14.7. The van der Waals surface area contributed by atoms with Gasteiger partial charge in [-0.2, -0.15) is 4.31 Å². The zero-order chi connectivity index (χ0) is 35.3. The molecule has 4 aromatic carbocycles. The number of amides is 1. The minimum absolute atomic E-state index is 0.0331. The molecule has 1 aliphatic rings. The topological polar surface area (TPSA) is 92.8 Å². The third-order valence-electron chi connectivity index (χ3n) is 8.63. The van der Waals surface area contributed by atoms with Gasteiger partial charge in [0.1, 0.15) is 12.6 Å². The van der Waals surface area contributed by atoms with E-state index in [1.165, 1.54) is 24.3 Å². The van der Waals surface area contributed by atoms with E-state index in [4.69, 9.17) is 4.74 Å². The van der Waals surface area contributed by atoms with Gasteiger partial charge in [-0.25, -0.2) is 35.2 Å². The van der Waals surface area contributed by atoms with Crippen LogP contribution in [0.4, 0.5) is 27.6 Å². The smallest absolute Gasteiger partial charge is 0.338 e. The summed E-state index contributed by atoms with van der Waals surface area (Å²) in [5, 5.41) is 2.52. The summed E-state index contributed by atoms with van der Waals surface area (Å²) in [4.78, 5) is 24.1. The molecule has 0 radical (unpaired) electrons. The Hall–Kier alpha value is -4.62. The summed E-state index contributed by atoms with van der Waals surface area (Å²) in [6.07, 6.45) is 5.10. The number of likely N-dealkylation sites (N-methyl/N-ethyl adjacent to an activating group) is 1. The Morgan fingerprint density at radius 1 is 0.776 bits per heavy atom. The van der Waals surface area contributed by atoms with Gasteiger partial charge in [0.15, 0.2) is 28.2 Å². The van der Waals surface area contributed by atoms with E-state index in [1.807, 2.05) is 18.2 Å². The number of carbonyl (C=O) groups is 2. The van der Waals surface area contributed by atoms with Gasteiger partial charge in [0, 0.05) is 12.7 Å². The molecular weight excluding hydrogens is 667 g/mol. The first-order valence-electron chi connectivity index (χ1n) is 15.6. The molecule has 1 unspecified atom stereocenters. The van der Waals surface area contributed by atoms with Crippen LogP contribution in [0.5, 0.6) is 0 Å². The third-order valence-corrected chi connectivity index (χ3v) is 10.5. The van der Waals surface area contributed by atoms with E-state index >= 15 is 0 Å². The Balaban J connectivity index is 1.40. The van der Waals surface area contributed by atoms with Crippen molar-refractivity contribution < 1.29 is 44.7 Å². The van der Waals surface area contributed by atoms with Crippen LogP contribution in [-0.4, -0.2) is 37.7 Å². The van der Waals surface area contributed by atoms with Crippen LogP contribution < -0.4 is 5.32 Å². The average Bonchev–Trinajstić information content (AvgIpc) is 3.12. The molecule has 0 saturated heterocycles. The molecule has 7 nitrogen and oxygen atoms in total. The molecule has 0 spiro atoms. The Morgan fingerprint density at radius 3 is 1.94 bits per heavy atom. The maximum Gasteiger partial charge on any atom is 0.338 e. The lowest BCUT2D eigenvalue weighted by molar-refractivity contribution is -0.119. The Morgan fingerprint density at radius 2 is 1.35 bits per heavy atom. The van der Waals surface area contributed by atoms with E-state index < -0.39 is 61.9 Å². The highest BCUT2D eigenvalue weighted by Crippen LogP contribution is 2.33. The molecular formula is C36H33F5N2O5S. The van der Waals surface area contributed by atoms with Crippen LogP contribution in [0.25, 0.3) is 0 Å². The van der Waals surface area contributed by atoms with Gasteiger partial charge in [-0.1, -0.05) is 73.9 Å². The van der Waals surface area contributed by atoms with Gasteiger partial charge < -0.3 is 10.1 Å². The molecule has 0 heterocycles. The van der Waals surface area contributed by atoms with Crippen molar-refractivity contribution in [2.75, 3.05) is 12.4 Å². The Labute approximate surface area is 280 Å². The quantitative estimate of drug-likeness (QED) is 0.0751. The first-order valence-corrected chi connectivity index (χ1v) is 17.0. The number of rotatable bonds is 11. The predicted octanol–water partition coefficient (Wildman–Crippen LogP) is 7.66. The van der Waals surface area contributed by atoms with Crippen LogP contribution >= 0.6 is 0 Å². The third kappa shape index (κ3) is 8.00. The molecule has 5 rings (SSSR count). The molecule has 1 saturated carbocycles. The predicted molar refractivity (Wildman–Crippen MR) is 172 cm³/mol. The molecule has 0 bridgehead atoms. The van der Waals surface area contributed by atoms with Gasteiger partial charge >= 0.3 is 5.97 Å². The first kappa shape index (κ1) is 35.7. The Bertz CT molecular complexity index is 1890. The van der Waals surface area contributed by atoms with E-state index in [9.17, 15) is 40.0 Å². The van der Waals surface area contributed by atoms with Gasteiger partial charge in [0.2, 0.25) is 21.7 Å². The summed E-state index contributed by atoms with van der Waals surface area (Å²) in [5.74, 6) is -13.7. The SMILES string of the molecule is CN(C(Cc1ccc(C2CCCCC2)cc1)C(=O)Nc1ccc(C(=O)OCc2ccccc2)cc1)S(=O)(=O)c1c(F)c(F)c(F)c(F)c1F. The summed E-state index contributed by atoms with van der Waals surface area (Å²) in [5.41, 5.74) is 2.63. The molecule has 4 aromatic rings. The number of nitrogens with zero attached hydrogens (tertiary/aromatic N) is 1. The van der Waals surface area contributed by atoms with Gasteiger partial charge in [-0.3, -0.25) is 4.79 Å². The largest absolute Gasteiger partial charge is 0.457 e. The fourth-order valence-electron chi connectivity index (χ4n) is 5.82. The number of halogens is 5. The van der Waals surface area contributed by atoms with Crippen LogP contribution in [0.15, 0.2) is 83.8 Å². The lowest BCUT2D eigenvalue weighted by Crippen LogP contribution is -2.47. The van der Waals surface area contributed by atoms with Crippen molar-refractivity contribution in [3.8, 4) is 0 Å². The summed E-state index contributed by atoms with van der Waals surface area (Å²) >= 11 is 0. The number of hydrogen-bond acceptors (Lipinski definition) is 5. The number of nitrogens with one attached hydrogen (secondary N) is 1. The normalized spacial score (nSPS) is 14.4. The average molecular weight is 701 g/mol. The zero-order valence-corrected chi connectivity index (χ0v) is 27.2.